The van der Waals surface area contributed by atoms with E-state index in [1.54, 1.807) is 0 Å². The van der Waals surface area contributed by atoms with E-state index in [1.807, 2.05) is 0 Å². The minimum Gasteiger partial charge on any atom is -0.466 e. The summed E-state index contributed by atoms with van der Waals surface area (Å²) in [5, 5.41) is 0. The molecule has 0 saturated heterocycles. The summed E-state index contributed by atoms with van der Waals surface area (Å²) in [6, 6.07) is 0. The van der Waals surface area contributed by atoms with Crippen LogP contribution in [0.4, 0.5) is 0 Å². The maximum atomic E-state index is 10.5. The first-order chi connectivity index (χ1) is 7.77. The van der Waals surface area contributed by atoms with E-state index in [2.05, 4.69) is 6.92 Å². The molecular weight excluding hydrogens is 214 g/mol. The molecule has 0 aliphatic rings. The van der Waals surface area contributed by atoms with Gasteiger partial charge >= 0.3 is 5.97 Å². The molecule has 0 aliphatic carbocycles. The Morgan fingerprint density at radius 1 is 0.824 bits per heavy atom. The Hall–Kier alpha value is -0.570. The molecule has 104 valence electrons. The lowest BCUT2D eigenvalue weighted by Gasteiger charge is -2.02. The molecule has 0 aromatic heterocycles. The molecule has 0 aliphatic heterocycles. The lowest BCUT2D eigenvalue weighted by molar-refractivity contribution is -0.141. The number of hydrogen-bond acceptors (Lipinski definition) is 3. The second-order valence-electron chi connectivity index (χ2n) is 4.52. The summed E-state index contributed by atoms with van der Waals surface area (Å²) in [6.45, 7) is 4.32. The average molecular weight is 245 g/mol. The van der Waals surface area contributed by atoms with Crippen molar-refractivity contribution >= 4 is 5.97 Å². The van der Waals surface area contributed by atoms with Gasteiger partial charge in [-0.05, 0) is 6.42 Å². The highest BCUT2D eigenvalue weighted by Crippen LogP contribution is 2.10. The second kappa shape index (κ2) is 15.4. The van der Waals surface area contributed by atoms with Gasteiger partial charge in [-0.3, -0.25) is 4.79 Å². The Kier molecular flexibility index (Phi) is 17.1. The highest BCUT2D eigenvalue weighted by atomic mass is 16.5. The third-order valence-corrected chi connectivity index (χ3v) is 2.80. The van der Waals surface area contributed by atoms with Crippen LogP contribution in [0, 0.1) is 0 Å². The van der Waals surface area contributed by atoms with Crippen LogP contribution in [-0.4, -0.2) is 12.6 Å². The molecule has 0 bridgehead atoms. The molecule has 0 atom stereocenters. The zero-order valence-corrected chi connectivity index (χ0v) is 11.8. The molecule has 3 N–H and O–H groups in total. The fraction of sp³-hybridized carbons (Fsp3) is 0.929. The summed E-state index contributed by atoms with van der Waals surface area (Å²) in [6.07, 6.45) is 13.1. The van der Waals surface area contributed by atoms with Crippen LogP contribution in [0.1, 0.15) is 78.1 Å². The number of ether oxygens (including phenoxy) is 1. The number of carbonyl (C=O) groups excluding carboxylic acids is 1. The van der Waals surface area contributed by atoms with Crippen LogP contribution in [0.3, 0.4) is 0 Å². The van der Waals surface area contributed by atoms with Gasteiger partial charge in [0.25, 0.3) is 0 Å². The maximum Gasteiger partial charge on any atom is 0.302 e. The third kappa shape index (κ3) is 18.0. The van der Waals surface area contributed by atoms with Gasteiger partial charge in [-0.1, -0.05) is 64.7 Å². The summed E-state index contributed by atoms with van der Waals surface area (Å²) in [4.78, 5) is 10.5. The minimum absolute atomic E-state index is 0. The smallest absolute Gasteiger partial charge is 0.302 e. The number of esters is 1. The molecule has 0 heterocycles. The first kappa shape index (κ1) is 18.8. The molecule has 0 unspecified atom stereocenters. The van der Waals surface area contributed by atoms with Crippen molar-refractivity contribution in [2.45, 2.75) is 78.1 Å². The standard InChI is InChI=1S/C14H28O2.H3N/c1-3-4-5-6-7-8-9-10-11-12-13-16-14(2)15;/h3-13H2,1-2H3;1H3. The van der Waals surface area contributed by atoms with Crippen LogP contribution in [0.25, 0.3) is 0 Å². The van der Waals surface area contributed by atoms with E-state index in [9.17, 15) is 4.79 Å². The number of rotatable bonds is 11. The summed E-state index contributed by atoms with van der Waals surface area (Å²) < 4.78 is 4.87. The van der Waals surface area contributed by atoms with Crippen molar-refractivity contribution in [1.82, 2.24) is 6.15 Å². The Balaban J connectivity index is 0. The van der Waals surface area contributed by atoms with Crippen LogP contribution in [-0.2, 0) is 9.53 Å². The summed E-state index contributed by atoms with van der Waals surface area (Å²) in [7, 11) is 0. The fourth-order valence-electron chi connectivity index (χ4n) is 1.81. The van der Waals surface area contributed by atoms with Crippen LogP contribution < -0.4 is 6.15 Å². The zero-order valence-electron chi connectivity index (χ0n) is 11.8. The summed E-state index contributed by atoms with van der Waals surface area (Å²) >= 11 is 0. The largest absolute Gasteiger partial charge is 0.466 e. The van der Waals surface area contributed by atoms with E-state index in [0.717, 1.165) is 6.42 Å². The third-order valence-electron chi connectivity index (χ3n) is 2.80. The van der Waals surface area contributed by atoms with Gasteiger partial charge < -0.3 is 10.9 Å². The van der Waals surface area contributed by atoms with Gasteiger partial charge in [-0.25, -0.2) is 0 Å². The van der Waals surface area contributed by atoms with E-state index in [4.69, 9.17) is 4.74 Å². The zero-order chi connectivity index (χ0) is 12.1. The Labute approximate surface area is 107 Å². The monoisotopic (exact) mass is 245 g/mol. The van der Waals surface area contributed by atoms with Gasteiger partial charge in [-0.2, -0.15) is 0 Å². The highest BCUT2D eigenvalue weighted by Gasteiger charge is 1.94. The number of carbonyl (C=O) groups is 1. The molecule has 0 aromatic rings. The number of unbranched alkanes of at least 4 members (excludes halogenated alkanes) is 9. The molecule has 0 radical (unpaired) electrons. The molecule has 0 aromatic carbocycles. The van der Waals surface area contributed by atoms with Crippen molar-refractivity contribution in [3.8, 4) is 0 Å². The highest BCUT2D eigenvalue weighted by molar-refractivity contribution is 5.65. The summed E-state index contributed by atoms with van der Waals surface area (Å²) in [5.41, 5.74) is 0. The van der Waals surface area contributed by atoms with Crippen molar-refractivity contribution in [2.24, 2.45) is 0 Å². The molecule has 0 amide bonds. The minimum atomic E-state index is -0.157. The van der Waals surface area contributed by atoms with Gasteiger partial charge in [0, 0.05) is 6.92 Å². The van der Waals surface area contributed by atoms with Crippen molar-refractivity contribution < 1.29 is 9.53 Å². The predicted octanol–water partition coefficient (Wildman–Crippen LogP) is 4.63. The molecular formula is C14H31NO2. The fourth-order valence-corrected chi connectivity index (χ4v) is 1.81. The molecule has 0 fully saturated rings. The van der Waals surface area contributed by atoms with Crippen molar-refractivity contribution in [2.75, 3.05) is 6.61 Å². The molecule has 0 spiro atoms. The first-order valence-corrected chi connectivity index (χ1v) is 6.90. The quantitative estimate of drug-likeness (QED) is 0.426. The molecule has 0 saturated carbocycles. The normalized spacial score (nSPS) is 9.76. The molecule has 3 nitrogen and oxygen atoms in total. The SMILES string of the molecule is CCCCCCCCCCCCOC(C)=O.N. The lowest BCUT2D eigenvalue weighted by atomic mass is 10.1. The Morgan fingerprint density at radius 2 is 1.24 bits per heavy atom. The van der Waals surface area contributed by atoms with Gasteiger partial charge in [0.1, 0.15) is 0 Å². The van der Waals surface area contributed by atoms with E-state index in [0.29, 0.717) is 6.61 Å². The van der Waals surface area contributed by atoms with Crippen molar-refractivity contribution in [3.05, 3.63) is 0 Å². The summed E-state index contributed by atoms with van der Waals surface area (Å²) in [5.74, 6) is -0.157. The lowest BCUT2D eigenvalue weighted by Crippen LogP contribution is -2.00. The molecule has 0 rings (SSSR count). The predicted molar refractivity (Wildman–Crippen MR) is 73.5 cm³/mol. The van der Waals surface area contributed by atoms with Crippen LogP contribution in [0.5, 0.6) is 0 Å². The second-order valence-corrected chi connectivity index (χ2v) is 4.52. The average Bonchev–Trinajstić information content (AvgIpc) is 2.25. The van der Waals surface area contributed by atoms with Crippen LogP contribution in [0.15, 0.2) is 0 Å². The van der Waals surface area contributed by atoms with Crippen LogP contribution in [0.2, 0.25) is 0 Å². The Bertz CT molecular complexity index is 160. The van der Waals surface area contributed by atoms with Gasteiger partial charge in [0.05, 0.1) is 6.61 Å². The van der Waals surface area contributed by atoms with Crippen molar-refractivity contribution in [3.63, 3.8) is 0 Å². The van der Waals surface area contributed by atoms with Gasteiger partial charge in [0.15, 0.2) is 0 Å². The van der Waals surface area contributed by atoms with Gasteiger partial charge in [-0.15, -0.1) is 0 Å². The van der Waals surface area contributed by atoms with Crippen LogP contribution >= 0.6 is 0 Å². The van der Waals surface area contributed by atoms with Crippen molar-refractivity contribution in [1.29, 1.82) is 0 Å². The Morgan fingerprint density at radius 3 is 1.65 bits per heavy atom. The van der Waals surface area contributed by atoms with Gasteiger partial charge in [0.2, 0.25) is 0 Å². The maximum absolute atomic E-state index is 10.5. The van der Waals surface area contributed by atoms with E-state index >= 15 is 0 Å². The van der Waals surface area contributed by atoms with E-state index in [-0.39, 0.29) is 12.1 Å². The topological polar surface area (TPSA) is 61.3 Å². The molecule has 3 heteroatoms. The number of hydrogen-bond donors (Lipinski definition) is 1. The van der Waals surface area contributed by atoms with E-state index in [1.165, 1.54) is 64.7 Å². The van der Waals surface area contributed by atoms with E-state index < -0.39 is 0 Å². The first-order valence-electron chi connectivity index (χ1n) is 6.90. The molecule has 17 heavy (non-hydrogen) atoms.